The van der Waals surface area contributed by atoms with Gasteiger partial charge in [0.05, 0.1) is 12.7 Å². The fourth-order valence-corrected chi connectivity index (χ4v) is 3.51. The van der Waals surface area contributed by atoms with E-state index in [-0.39, 0.29) is 5.91 Å². The fourth-order valence-electron chi connectivity index (χ4n) is 3.08. The topological polar surface area (TPSA) is 41.6 Å². The first kappa shape index (κ1) is 17.8. The number of methoxy groups -OCH3 is 1. The Labute approximate surface area is 153 Å². The van der Waals surface area contributed by atoms with Crippen LogP contribution in [-0.4, -0.2) is 37.3 Å². The van der Waals surface area contributed by atoms with E-state index in [0.717, 1.165) is 17.1 Å². The van der Waals surface area contributed by atoms with Gasteiger partial charge in [0.25, 0.3) is 5.91 Å². The highest BCUT2D eigenvalue weighted by atomic mass is 32.2. The van der Waals surface area contributed by atoms with Crippen molar-refractivity contribution in [1.82, 2.24) is 4.90 Å². The smallest absolute Gasteiger partial charge is 0.259 e. The molecule has 0 aromatic heterocycles. The predicted molar refractivity (Wildman–Crippen MR) is 104 cm³/mol. The van der Waals surface area contributed by atoms with Crippen LogP contribution in [-0.2, 0) is 6.54 Å². The molecule has 1 fully saturated rings. The molecule has 5 heteroatoms. The van der Waals surface area contributed by atoms with Gasteiger partial charge in [0.1, 0.15) is 5.75 Å². The number of amides is 1. The van der Waals surface area contributed by atoms with Crippen molar-refractivity contribution in [2.75, 3.05) is 31.8 Å². The Bertz CT molecular complexity index is 725. The van der Waals surface area contributed by atoms with E-state index in [2.05, 4.69) is 22.3 Å². The molecule has 25 heavy (non-hydrogen) atoms. The second-order valence-corrected chi connectivity index (χ2v) is 7.08. The summed E-state index contributed by atoms with van der Waals surface area (Å²) in [6.07, 6.45) is 4.59. The Morgan fingerprint density at radius 1 is 1.16 bits per heavy atom. The van der Waals surface area contributed by atoms with Crippen LogP contribution in [0.2, 0.25) is 0 Å². The van der Waals surface area contributed by atoms with Crippen molar-refractivity contribution in [1.29, 1.82) is 0 Å². The third-order valence-electron chi connectivity index (χ3n) is 4.47. The van der Waals surface area contributed by atoms with Crippen LogP contribution >= 0.6 is 11.8 Å². The first-order valence-corrected chi connectivity index (χ1v) is 9.77. The van der Waals surface area contributed by atoms with Gasteiger partial charge < -0.3 is 10.1 Å². The minimum atomic E-state index is -0.156. The minimum Gasteiger partial charge on any atom is -0.496 e. The molecule has 3 rings (SSSR count). The summed E-state index contributed by atoms with van der Waals surface area (Å²) in [6.45, 7) is 3.35. The van der Waals surface area contributed by atoms with Gasteiger partial charge in [-0.3, -0.25) is 9.69 Å². The minimum absolute atomic E-state index is 0.156. The molecule has 0 bridgehead atoms. The van der Waals surface area contributed by atoms with Gasteiger partial charge in [0, 0.05) is 17.1 Å². The van der Waals surface area contributed by atoms with Crippen molar-refractivity contribution >= 4 is 23.4 Å². The summed E-state index contributed by atoms with van der Waals surface area (Å²) in [6, 6.07) is 13.7. The number of thioether (sulfide) groups is 1. The van der Waals surface area contributed by atoms with Crippen LogP contribution in [0.5, 0.6) is 5.75 Å². The van der Waals surface area contributed by atoms with Crippen LogP contribution in [0, 0.1) is 0 Å². The largest absolute Gasteiger partial charge is 0.496 e. The number of nitrogens with one attached hydrogen (secondary N) is 1. The van der Waals surface area contributed by atoms with Crippen molar-refractivity contribution in [2.24, 2.45) is 0 Å². The van der Waals surface area contributed by atoms with Crippen LogP contribution in [0.4, 0.5) is 5.69 Å². The van der Waals surface area contributed by atoms with Gasteiger partial charge in [-0.1, -0.05) is 12.1 Å². The maximum atomic E-state index is 12.6. The molecule has 0 unspecified atom stereocenters. The van der Waals surface area contributed by atoms with Gasteiger partial charge in [-0.05, 0) is 68.1 Å². The zero-order chi connectivity index (χ0) is 17.6. The number of ether oxygens (including phenoxy) is 1. The van der Waals surface area contributed by atoms with Crippen molar-refractivity contribution in [3.8, 4) is 5.75 Å². The quantitative estimate of drug-likeness (QED) is 0.785. The number of benzene rings is 2. The molecule has 1 aliphatic heterocycles. The monoisotopic (exact) mass is 356 g/mol. The SMILES string of the molecule is COc1cc(SC)ccc1C(=O)Nc1ccc(CN2CCCC2)cc1. The molecule has 2 aromatic carbocycles. The fraction of sp³-hybridized carbons (Fsp3) is 0.350. The number of carbonyl (C=O) groups is 1. The Morgan fingerprint density at radius 3 is 2.52 bits per heavy atom. The van der Waals surface area contributed by atoms with E-state index in [1.165, 1.54) is 31.5 Å². The normalized spacial score (nSPS) is 14.5. The Hall–Kier alpha value is -1.98. The lowest BCUT2D eigenvalue weighted by Crippen LogP contribution is -2.18. The number of rotatable bonds is 6. The van der Waals surface area contributed by atoms with Crippen LogP contribution in [0.25, 0.3) is 0 Å². The molecule has 1 saturated heterocycles. The average Bonchev–Trinajstić information content (AvgIpc) is 3.15. The summed E-state index contributed by atoms with van der Waals surface area (Å²) in [5.74, 6) is 0.437. The van der Waals surface area contributed by atoms with Gasteiger partial charge in [-0.15, -0.1) is 11.8 Å². The lowest BCUT2D eigenvalue weighted by Gasteiger charge is -2.15. The number of likely N-dealkylation sites (tertiary alicyclic amines) is 1. The predicted octanol–water partition coefficient (Wildman–Crippen LogP) is 4.27. The molecule has 1 amide bonds. The van der Waals surface area contributed by atoms with Gasteiger partial charge in [0.15, 0.2) is 0 Å². The average molecular weight is 356 g/mol. The number of carbonyl (C=O) groups excluding carboxylic acids is 1. The van der Waals surface area contributed by atoms with Crippen LogP contribution in [0.15, 0.2) is 47.4 Å². The highest BCUT2D eigenvalue weighted by Gasteiger charge is 2.14. The molecule has 2 aromatic rings. The number of anilines is 1. The molecule has 1 N–H and O–H groups in total. The first-order chi connectivity index (χ1) is 12.2. The summed E-state index contributed by atoms with van der Waals surface area (Å²) in [5.41, 5.74) is 2.62. The van der Waals surface area contributed by atoms with E-state index < -0.39 is 0 Å². The van der Waals surface area contributed by atoms with Crippen LogP contribution < -0.4 is 10.1 Å². The zero-order valence-corrected chi connectivity index (χ0v) is 15.6. The number of nitrogens with zero attached hydrogens (tertiary/aromatic N) is 1. The lowest BCUT2D eigenvalue weighted by atomic mass is 10.1. The highest BCUT2D eigenvalue weighted by molar-refractivity contribution is 7.98. The molecule has 1 heterocycles. The molecule has 0 saturated carbocycles. The summed E-state index contributed by atoms with van der Waals surface area (Å²) >= 11 is 1.62. The zero-order valence-electron chi connectivity index (χ0n) is 14.7. The van der Waals surface area contributed by atoms with Crippen molar-refractivity contribution in [3.05, 3.63) is 53.6 Å². The van der Waals surface area contributed by atoms with E-state index in [0.29, 0.717) is 11.3 Å². The number of hydrogen-bond acceptors (Lipinski definition) is 4. The number of hydrogen-bond donors (Lipinski definition) is 1. The molecule has 0 atom stereocenters. The van der Waals surface area contributed by atoms with Crippen LogP contribution in [0.1, 0.15) is 28.8 Å². The molecule has 1 aliphatic rings. The Morgan fingerprint density at radius 2 is 1.88 bits per heavy atom. The van der Waals surface area contributed by atoms with E-state index in [1.54, 1.807) is 18.9 Å². The second-order valence-electron chi connectivity index (χ2n) is 6.20. The van der Waals surface area contributed by atoms with Crippen molar-refractivity contribution < 1.29 is 9.53 Å². The van der Waals surface area contributed by atoms with Crippen molar-refractivity contribution in [3.63, 3.8) is 0 Å². The van der Waals surface area contributed by atoms with E-state index >= 15 is 0 Å². The summed E-state index contributed by atoms with van der Waals surface area (Å²) in [7, 11) is 1.59. The van der Waals surface area contributed by atoms with Gasteiger partial charge >= 0.3 is 0 Å². The van der Waals surface area contributed by atoms with E-state index in [1.807, 2.05) is 36.6 Å². The maximum Gasteiger partial charge on any atom is 0.259 e. The molecule has 132 valence electrons. The van der Waals surface area contributed by atoms with E-state index in [9.17, 15) is 4.79 Å². The summed E-state index contributed by atoms with van der Waals surface area (Å²) in [4.78, 5) is 16.1. The third-order valence-corrected chi connectivity index (χ3v) is 5.20. The summed E-state index contributed by atoms with van der Waals surface area (Å²) in [5, 5.41) is 2.95. The lowest BCUT2D eigenvalue weighted by molar-refractivity contribution is 0.102. The molecule has 0 radical (unpaired) electrons. The first-order valence-electron chi connectivity index (χ1n) is 8.54. The second kappa shape index (κ2) is 8.41. The molecular weight excluding hydrogens is 332 g/mol. The van der Waals surface area contributed by atoms with E-state index in [4.69, 9.17) is 4.74 Å². The maximum absolute atomic E-state index is 12.6. The van der Waals surface area contributed by atoms with Gasteiger partial charge in [0.2, 0.25) is 0 Å². The van der Waals surface area contributed by atoms with Crippen molar-refractivity contribution in [2.45, 2.75) is 24.3 Å². The molecule has 0 aliphatic carbocycles. The highest BCUT2D eigenvalue weighted by Crippen LogP contribution is 2.26. The molecular formula is C20H24N2O2S. The van der Waals surface area contributed by atoms with Crippen LogP contribution in [0.3, 0.4) is 0 Å². The standard InChI is InChI=1S/C20H24N2O2S/c1-24-19-13-17(25-2)9-10-18(19)20(23)21-16-7-5-15(6-8-16)14-22-11-3-4-12-22/h5-10,13H,3-4,11-12,14H2,1-2H3,(H,21,23). The third kappa shape index (κ3) is 4.55. The molecule has 4 nitrogen and oxygen atoms in total. The Kier molecular flexibility index (Phi) is 6.00. The summed E-state index contributed by atoms with van der Waals surface area (Å²) < 4.78 is 5.36. The van der Waals surface area contributed by atoms with Gasteiger partial charge in [-0.25, -0.2) is 0 Å². The molecule has 0 spiro atoms. The van der Waals surface area contributed by atoms with Gasteiger partial charge in [-0.2, -0.15) is 0 Å². The Balaban J connectivity index is 1.66.